The Balaban J connectivity index is 5.86. The molecule has 0 unspecified atom stereocenters. The van der Waals surface area contributed by atoms with Crippen LogP contribution in [0.5, 0.6) is 0 Å². The molecule has 0 aliphatic rings. The second kappa shape index (κ2) is 4.37. The fraction of sp³-hybridized carbons (Fsp3) is 0.889. The molecule has 0 N–H and O–H groups in total. The number of carbonyl (C=O) groups excluding carboxylic acids is 1. The van der Waals surface area contributed by atoms with E-state index in [1.165, 1.54) is 0 Å². The van der Waals surface area contributed by atoms with Crippen molar-refractivity contribution in [3.05, 3.63) is 0 Å². The van der Waals surface area contributed by atoms with E-state index < -0.39 is 31.9 Å². The molecule has 0 heterocycles. The highest BCUT2D eigenvalue weighted by Crippen LogP contribution is 2.15. The molecule has 0 bridgehead atoms. The van der Waals surface area contributed by atoms with Gasteiger partial charge in [-0.25, -0.2) is 0 Å². The largest absolute Gasteiger partial charge is 0.465 e. The summed E-state index contributed by atoms with van der Waals surface area (Å²) < 4.78 is 70.1. The Morgan fingerprint density at radius 2 is 2.18 bits per heavy atom. The number of hydrogen-bond acceptors (Lipinski definition) is 2. The van der Waals surface area contributed by atoms with Crippen LogP contribution in [0.1, 0.15) is 52.7 Å². The van der Waals surface area contributed by atoms with Crippen molar-refractivity contribution in [3.8, 4) is 0 Å². The van der Waals surface area contributed by atoms with Crippen LogP contribution in [-0.4, -0.2) is 12.6 Å². The Morgan fingerprint density at radius 1 is 1.55 bits per heavy atom. The SMILES string of the molecule is [2H]C([2H])([2H])C(C(=O)OCCCC)(C([2H])([2H])[2H])C([2H])([2H])[2H]. The van der Waals surface area contributed by atoms with E-state index in [2.05, 4.69) is 4.74 Å². The molecule has 0 amide bonds. The lowest BCUT2D eigenvalue weighted by Gasteiger charge is -2.15. The van der Waals surface area contributed by atoms with Crippen molar-refractivity contribution in [2.45, 2.75) is 40.3 Å². The molecule has 0 aromatic heterocycles. The van der Waals surface area contributed by atoms with E-state index in [4.69, 9.17) is 12.3 Å². The summed E-state index contributed by atoms with van der Waals surface area (Å²) in [6, 6.07) is 0. The maximum absolute atomic E-state index is 12.0. The molecule has 11 heavy (non-hydrogen) atoms. The van der Waals surface area contributed by atoms with E-state index in [1.807, 2.05) is 0 Å². The zero-order valence-corrected chi connectivity index (χ0v) is 6.44. The molecule has 0 aliphatic heterocycles. The van der Waals surface area contributed by atoms with E-state index in [-0.39, 0.29) is 6.61 Å². The Kier molecular flexibility index (Phi) is 1.09. The highest BCUT2D eigenvalue weighted by Gasteiger charge is 2.22. The van der Waals surface area contributed by atoms with E-state index >= 15 is 0 Å². The normalized spacial score (nSPS) is 26.8. The average molecular weight is 167 g/mol. The van der Waals surface area contributed by atoms with Gasteiger partial charge in [-0.1, -0.05) is 13.3 Å². The molecule has 0 aromatic carbocycles. The van der Waals surface area contributed by atoms with Gasteiger partial charge in [-0.3, -0.25) is 4.79 Å². The second-order valence-corrected chi connectivity index (χ2v) is 2.24. The number of esters is 1. The molecule has 0 spiro atoms. The first-order valence-electron chi connectivity index (χ1n) is 7.90. The lowest BCUT2D eigenvalue weighted by molar-refractivity contribution is -0.153. The minimum atomic E-state index is -3.55. The van der Waals surface area contributed by atoms with Gasteiger partial charge in [-0.05, 0) is 27.0 Å². The number of ether oxygens (including phenoxy) is 1. The van der Waals surface area contributed by atoms with Crippen molar-refractivity contribution in [1.29, 1.82) is 0 Å². The van der Waals surface area contributed by atoms with Crippen LogP contribution < -0.4 is 0 Å². The van der Waals surface area contributed by atoms with Gasteiger partial charge in [0.15, 0.2) is 0 Å². The van der Waals surface area contributed by atoms with Crippen molar-refractivity contribution in [3.63, 3.8) is 0 Å². The molecule has 0 aromatic rings. The summed E-state index contributed by atoms with van der Waals surface area (Å²) in [5, 5.41) is 0. The molecular formula is C9H18O2. The Bertz CT molecular complexity index is 303. The number of unbranched alkanes of at least 4 members (excludes halogenated alkanes) is 1. The summed E-state index contributed by atoms with van der Waals surface area (Å²) in [4.78, 5) is 12.0. The summed E-state index contributed by atoms with van der Waals surface area (Å²) in [6.07, 6.45) is 1.00. The molecular weight excluding hydrogens is 140 g/mol. The first-order chi connectivity index (χ1) is 8.73. The highest BCUT2D eigenvalue weighted by atomic mass is 16.5. The molecule has 2 nitrogen and oxygen atoms in total. The van der Waals surface area contributed by atoms with E-state index in [0.717, 1.165) is 0 Å². The summed E-state index contributed by atoms with van der Waals surface area (Å²) in [7, 11) is 0. The Labute approximate surface area is 81.6 Å². The van der Waals surface area contributed by atoms with Crippen LogP contribution in [0.3, 0.4) is 0 Å². The smallest absolute Gasteiger partial charge is 0.311 e. The van der Waals surface area contributed by atoms with Gasteiger partial charge in [0.05, 0.1) is 12.0 Å². The maximum Gasteiger partial charge on any atom is 0.311 e. The number of hydrogen-bond donors (Lipinski definition) is 0. The van der Waals surface area contributed by atoms with E-state index in [0.29, 0.717) is 12.8 Å². The fourth-order valence-electron chi connectivity index (χ4n) is 0.417. The van der Waals surface area contributed by atoms with E-state index in [1.54, 1.807) is 6.92 Å². The predicted octanol–water partition coefficient (Wildman–Crippen LogP) is 2.38. The van der Waals surface area contributed by atoms with Crippen molar-refractivity contribution < 1.29 is 21.9 Å². The molecule has 2 heteroatoms. The summed E-state index contributed by atoms with van der Waals surface area (Å²) in [6.45, 7) is -9.09. The van der Waals surface area contributed by atoms with Crippen molar-refractivity contribution in [2.75, 3.05) is 6.61 Å². The van der Waals surface area contributed by atoms with Gasteiger partial charge < -0.3 is 4.74 Å². The monoisotopic (exact) mass is 167 g/mol. The van der Waals surface area contributed by atoms with Crippen molar-refractivity contribution in [2.24, 2.45) is 5.41 Å². The Hall–Kier alpha value is -0.530. The van der Waals surface area contributed by atoms with Crippen LogP contribution in [-0.2, 0) is 9.53 Å². The third-order valence-corrected chi connectivity index (χ3v) is 1.04. The Morgan fingerprint density at radius 3 is 2.64 bits per heavy atom. The average Bonchev–Trinajstić information content (AvgIpc) is 2.10. The standard InChI is InChI=1S/C9H18O2/c1-5-6-7-11-8(10)9(2,3)4/h5-7H2,1-4H3/i2D3,3D3,4D3. The molecule has 0 fully saturated rings. The van der Waals surface area contributed by atoms with Crippen LogP contribution in [0.2, 0.25) is 0 Å². The second-order valence-electron chi connectivity index (χ2n) is 2.24. The first kappa shape index (κ1) is 2.75. The lowest BCUT2D eigenvalue weighted by atomic mass is 9.97. The van der Waals surface area contributed by atoms with Gasteiger partial charge in [0.25, 0.3) is 0 Å². The van der Waals surface area contributed by atoms with Crippen LogP contribution in [0.15, 0.2) is 0 Å². The zero-order chi connectivity index (χ0) is 16.4. The minimum absolute atomic E-state index is 0.223. The van der Waals surface area contributed by atoms with Crippen LogP contribution >= 0.6 is 0 Å². The minimum Gasteiger partial charge on any atom is -0.465 e. The third kappa shape index (κ3) is 4.82. The van der Waals surface area contributed by atoms with Gasteiger partial charge in [-0.15, -0.1) is 0 Å². The summed E-state index contributed by atoms with van der Waals surface area (Å²) >= 11 is 0. The molecule has 0 saturated heterocycles. The molecule has 66 valence electrons. The molecule has 0 atom stereocenters. The van der Waals surface area contributed by atoms with Crippen molar-refractivity contribution >= 4 is 5.97 Å². The lowest BCUT2D eigenvalue weighted by Crippen LogP contribution is -2.23. The van der Waals surface area contributed by atoms with Gasteiger partial charge in [-0.2, -0.15) is 0 Å². The third-order valence-electron chi connectivity index (χ3n) is 1.04. The number of carbonyl (C=O) groups is 1. The molecule has 0 rings (SSSR count). The van der Waals surface area contributed by atoms with Gasteiger partial charge in [0, 0.05) is 12.3 Å². The van der Waals surface area contributed by atoms with Crippen LogP contribution in [0.4, 0.5) is 0 Å². The quantitative estimate of drug-likeness (QED) is 0.476. The van der Waals surface area contributed by atoms with Gasteiger partial charge in [0.1, 0.15) is 0 Å². The summed E-state index contributed by atoms with van der Waals surface area (Å²) in [5.74, 6) is -1.73. The van der Waals surface area contributed by atoms with Gasteiger partial charge >= 0.3 is 5.97 Å². The van der Waals surface area contributed by atoms with Crippen LogP contribution in [0, 0.1) is 5.41 Å². The van der Waals surface area contributed by atoms with Crippen LogP contribution in [0.25, 0.3) is 0 Å². The number of rotatable bonds is 3. The molecule has 0 aliphatic carbocycles. The maximum atomic E-state index is 12.0. The predicted molar refractivity (Wildman–Crippen MR) is 45.3 cm³/mol. The highest BCUT2D eigenvalue weighted by molar-refractivity contribution is 5.75. The van der Waals surface area contributed by atoms with Gasteiger partial charge in [0.2, 0.25) is 0 Å². The van der Waals surface area contributed by atoms with E-state index in [9.17, 15) is 4.79 Å². The first-order valence-corrected chi connectivity index (χ1v) is 3.40. The van der Waals surface area contributed by atoms with Crippen molar-refractivity contribution in [1.82, 2.24) is 0 Å². The summed E-state index contributed by atoms with van der Waals surface area (Å²) in [5.41, 5.74) is -3.54. The topological polar surface area (TPSA) is 26.3 Å². The molecule has 0 radical (unpaired) electrons. The molecule has 0 saturated carbocycles. The fourth-order valence-corrected chi connectivity index (χ4v) is 0.417. The zero-order valence-electron chi connectivity index (χ0n) is 15.4.